The highest BCUT2D eigenvalue weighted by molar-refractivity contribution is 5.83. The van der Waals surface area contributed by atoms with Crippen LogP contribution in [0.5, 0.6) is 5.75 Å². The molecule has 4 heteroatoms. The standard InChI is InChI=1S/C15H19NO3/c1-18-14-4-2-3-11-7-13(19-15(11)14)9-16-8-10-5-12(17)6-10/h2-4,7,10,12,16-17H,5-6,8-9H2,1H3. The second kappa shape index (κ2) is 5.23. The minimum Gasteiger partial charge on any atom is -0.493 e. The van der Waals surface area contributed by atoms with Crippen LogP contribution in [-0.4, -0.2) is 24.9 Å². The van der Waals surface area contributed by atoms with Crippen LogP contribution in [-0.2, 0) is 6.54 Å². The van der Waals surface area contributed by atoms with E-state index in [9.17, 15) is 5.11 Å². The Kier molecular flexibility index (Phi) is 3.44. The molecule has 0 spiro atoms. The monoisotopic (exact) mass is 261 g/mol. The molecule has 1 aromatic heterocycles. The normalized spacial score (nSPS) is 22.4. The van der Waals surface area contributed by atoms with Crippen LogP contribution in [0.2, 0.25) is 0 Å². The smallest absolute Gasteiger partial charge is 0.176 e. The first kappa shape index (κ1) is 12.5. The molecule has 1 saturated carbocycles. The molecule has 1 heterocycles. The first-order valence-electron chi connectivity index (χ1n) is 6.70. The molecule has 2 N–H and O–H groups in total. The SMILES string of the molecule is COc1cccc2cc(CNCC3CC(O)C3)oc12. The van der Waals surface area contributed by atoms with Crippen molar-refractivity contribution in [1.29, 1.82) is 0 Å². The lowest BCUT2D eigenvalue weighted by molar-refractivity contribution is 0.0428. The van der Waals surface area contributed by atoms with Gasteiger partial charge < -0.3 is 19.6 Å². The van der Waals surface area contributed by atoms with E-state index >= 15 is 0 Å². The molecule has 19 heavy (non-hydrogen) atoms. The van der Waals surface area contributed by atoms with Gasteiger partial charge in [0.15, 0.2) is 11.3 Å². The molecule has 0 saturated heterocycles. The zero-order valence-corrected chi connectivity index (χ0v) is 11.1. The summed E-state index contributed by atoms with van der Waals surface area (Å²) in [7, 11) is 1.65. The Bertz CT molecular complexity index is 558. The maximum atomic E-state index is 9.23. The predicted octanol–water partition coefficient (Wildman–Crippen LogP) is 2.30. The molecule has 0 amide bonds. The van der Waals surface area contributed by atoms with Crippen LogP contribution in [0.3, 0.4) is 0 Å². The first-order chi connectivity index (χ1) is 9.26. The van der Waals surface area contributed by atoms with E-state index in [-0.39, 0.29) is 6.10 Å². The second-order valence-electron chi connectivity index (χ2n) is 5.21. The predicted molar refractivity (Wildman–Crippen MR) is 73.2 cm³/mol. The van der Waals surface area contributed by atoms with E-state index in [2.05, 4.69) is 5.32 Å². The number of aliphatic hydroxyl groups is 1. The molecule has 1 aromatic carbocycles. The van der Waals surface area contributed by atoms with Crippen molar-refractivity contribution in [2.24, 2.45) is 5.92 Å². The van der Waals surface area contributed by atoms with Crippen molar-refractivity contribution in [3.05, 3.63) is 30.0 Å². The average Bonchev–Trinajstić information content (AvgIpc) is 2.79. The van der Waals surface area contributed by atoms with E-state index in [4.69, 9.17) is 9.15 Å². The Balaban J connectivity index is 1.62. The molecular formula is C15H19NO3. The Labute approximate surface area is 112 Å². The molecule has 102 valence electrons. The molecule has 3 rings (SSSR count). The Hall–Kier alpha value is -1.52. The van der Waals surface area contributed by atoms with Gasteiger partial charge in [0.2, 0.25) is 0 Å². The molecular weight excluding hydrogens is 242 g/mol. The number of rotatable bonds is 5. The van der Waals surface area contributed by atoms with Gasteiger partial charge in [-0.15, -0.1) is 0 Å². The quantitative estimate of drug-likeness (QED) is 0.867. The van der Waals surface area contributed by atoms with Gasteiger partial charge in [0, 0.05) is 5.39 Å². The fourth-order valence-electron chi connectivity index (χ4n) is 2.60. The lowest BCUT2D eigenvalue weighted by atomic mass is 9.82. The van der Waals surface area contributed by atoms with Crippen molar-refractivity contribution in [3.8, 4) is 5.75 Å². The van der Waals surface area contributed by atoms with E-state index in [1.807, 2.05) is 24.3 Å². The van der Waals surface area contributed by atoms with Crippen LogP contribution in [0.15, 0.2) is 28.7 Å². The third-order valence-electron chi connectivity index (χ3n) is 3.72. The second-order valence-corrected chi connectivity index (χ2v) is 5.21. The number of hydrogen-bond acceptors (Lipinski definition) is 4. The number of nitrogens with one attached hydrogen (secondary N) is 1. The Morgan fingerprint density at radius 2 is 2.26 bits per heavy atom. The molecule has 4 nitrogen and oxygen atoms in total. The van der Waals surface area contributed by atoms with Gasteiger partial charge in [-0.2, -0.15) is 0 Å². The van der Waals surface area contributed by atoms with E-state index in [1.165, 1.54) is 0 Å². The largest absolute Gasteiger partial charge is 0.493 e. The third kappa shape index (κ3) is 2.60. The van der Waals surface area contributed by atoms with Gasteiger partial charge in [0.25, 0.3) is 0 Å². The number of hydrogen-bond donors (Lipinski definition) is 2. The molecule has 0 unspecified atom stereocenters. The molecule has 1 fully saturated rings. The summed E-state index contributed by atoms with van der Waals surface area (Å²) in [5, 5.41) is 13.7. The fraction of sp³-hybridized carbons (Fsp3) is 0.467. The third-order valence-corrected chi connectivity index (χ3v) is 3.72. The molecule has 0 radical (unpaired) electrons. The highest BCUT2D eigenvalue weighted by Gasteiger charge is 2.26. The molecule has 0 aliphatic heterocycles. The summed E-state index contributed by atoms with van der Waals surface area (Å²) < 4.78 is 11.1. The lowest BCUT2D eigenvalue weighted by Crippen LogP contribution is -2.35. The van der Waals surface area contributed by atoms with Gasteiger partial charge in [-0.1, -0.05) is 12.1 Å². The molecule has 2 aromatic rings. The molecule has 1 aliphatic carbocycles. The van der Waals surface area contributed by atoms with Crippen LogP contribution in [0, 0.1) is 5.92 Å². The van der Waals surface area contributed by atoms with Crippen molar-refractivity contribution < 1.29 is 14.3 Å². The van der Waals surface area contributed by atoms with Gasteiger partial charge in [0.1, 0.15) is 5.76 Å². The highest BCUT2D eigenvalue weighted by atomic mass is 16.5. The number of methoxy groups -OCH3 is 1. The van der Waals surface area contributed by atoms with Crippen molar-refractivity contribution in [3.63, 3.8) is 0 Å². The van der Waals surface area contributed by atoms with Crippen LogP contribution in [0.25, 0.3) is 11.0 Å². The topological polar surface area (TPSA) is 54.6 Å². The summed E-state index contributed by atoms with van der Waals surface area (Å²) in [6.45, 7) is 1.65. The zero-order valence-electron chi connectivity index (χ0n) is 11.1. The summed E-state index contributed by atoms with van der Waals surface area (Å²) in [6, 6.07) is 7.93. The van der Waals surface area contributed by atoms with Gasteiger partial charge >= 0.3 is 0 Å². The zero-order chi connectivity index (χ0) is 13.2. The number of ether oxygens (including phenoxy) is 1. The number of fused-ring (bicyclic) bond motifs is 1. The lowest BCUT2D eigenvalue weighted by Gasteiger charge is -2.31. The van der Waals surface area contributed by atoms with Gasteiger partial charge in [-0.25, -0.2) is 0 Å². The Morgan fingerprint density at radius 3 is 3.00 bits per heavy atom. The van der Waals surface area contributed by atoms with Crippen molar-refractivity contribution in [2.75, 3.05) is 13.7 Å². The summed E-state index contributed by atoms with van der Waals surface area (Å²) in [5.74, 6) is 2.29. The maximum absolute atomic E-state index is 9.23. The first-order valence-corrected chi connectivity index (χ1v) is 6.70. The number of furan rings is 1. The van der Waals surface area contributed by atoms with Crippen LogP contribution in [0.1, 0.15) is 18.6 Å². The van der Waals surface area contributed by atoms with E-state index < -0.39 is 0 Å². The summed E-state index contributed by atoms with van der Waals surface area (Å²) in [4.78, 5) is 0. The minimum absolute atomic E-state index is 0.0812. The van der Waals surface area contributed by atoms with Gasteiger partial charge in [0.05, 0.1) is 19.8 Å². The minimum atomic E-state index is -0.0812. The molecule has 1 aliphatic rings. The summed E-state index contributed by atoms with van der Waals surface area (Å²) >= 11 is 0. The van der Waals surface area contributed by atoms with Gasteiger partial charge in [-0.3, -0.25) is 0 Å². The summed E-state index contributed by atoms with van der Waals surface area (Å²) in [6.07, 6.45) is 1.75. The average molecular weight is 261 g/mol. The highest BCUT2D eigenvalue weighted by Crippen LogP contribution is 2.29. The Morgan fingerprint density at radius 1 is 1.42 bits per heavy atom. The van der Waals surface area contributed by atoms with Crippen molar-refractivity contribution in [2.45, 2.75) is 25.5 Å². The number of aliphatic hydroxyl groups excluding tert-OH is 1. The molecule has 0 atom stereocenters. The number of para-hydroxylation sites is 1. The van der Waals surface area contributed by atoms with Crippen LogP contribution in [0.4, 0.5) is 0 Å². The van der Waals surface area contributed by atoms with E-state index in [1.54, 1.807) is 7.11 Å². The maximum Gasteiger partial charge on any atom is 0.176 e. The van der Waals surface area contributed by atoms with E-state index in [0.29, 0.717) is 12.5 Å². The summed E-state index contributed by atoms with van der Waals surface area (Å²) in [5.41, 5.74) is 0.806. The fourth-order valence-corrected chi connectivity index (χ4v) is 2.60. The van der Waals surface area contributed by atoms with Crippen molar-refractivity contribution in [1.82, 2.24) is 5.32 Å². The van der Waals surface area contributed by atoms with Crippen LogP contribution >= 0.6 is 0 Å². The van der Waals surface area contributed by atoms with Gasteiger partial charge in [-0.05, 0) is 37.4 Å². The van der Waals surface area contributed by atoms with E-state index in [0.717, 1.165) is 41.9 Å². The van der Waals surface area contributed by atoms with Crippen molar-refractivity contribution >= 4 is 11.0 Å². The number of benzene rings is 1. The van der Waals surface area contributed by atoms with Crippen LogP contribution < -0.4 is 10.1 Å². The molecule has 0 bridgehead atoms.